The van der Waals surface area contributed by atoms with E-state index in [1.54, 1.807) is 6.08 Å². The van der Waals surface area contributed by atoms with Crippen molar-refractivity contribution in [2.45, 2.75) is 46.1 Å². The van der Waals surface area contributed by atoms with Gasteiger partial charge >= 0.3 is 6.09 Å². The molecular weight excluding hydrogens is 251 g/mol. The fourth-order valence-electron chi connectivity index (χ4n) is 3.34. The van der Waals surface area contributed by atoms with E-state index in [4.69, 9.17) is 0 Å². The van der Waals surface area contributed by atoms with Crippen LogP contribution in [0.15, 0.2) is 4.99 Å². The molecule has 1 amide bonds. The van der Waals surface area contributed by atoms with Crippen molar-refractivity contribution >= 4 is 12.2 Å². The van der Waals surface area contributed by atoms with Crippen molar-refractivity contribution in [2.24, 2.45) is 15.8 Å². The van der Waals surface area contributed by atoms with Crippen LogP contribution in [-0.4, -0.2) is 31.6 Å². The first-order valence-corrected chi connectivity index (χ1v) is 6.33. The predicted molar refractivity (Wildman–Crippen MR) is 68.1 cm³/mol. The Morgan fingerprint density at radius 3 is 2.74 bits per heavy atom. The van der Waals surface area contributed by atoms with E-state index in [-0.39, 0.29) is 16.9 Å². The van der Waals surface area contributed by atoms with Gasteiger partial charge in [0.15, 0.2) is 0 Å². The minimum absolute atomic E-state index is 0.0130. The van der Waals surface area contributed by atoms with E-state index < -0.39 is 13.0 Å². The molecule has 0 aromatic carbocycles. The SMILES string of the molecule is CC1(C)CC(NC(=O)OCF)CC(C)(CN=C=O)C1. The molecule has 1 fully saturated rings. The molecule has 19 heavy (non-hydrogen) atoms. The molecule has 0 radical (unpaired) electrons. The van der Waals surface area contributed by atoms with Crippen LogP contribution >= 0.6 is 0 Å². The van der Waals surface area contributed by atoms with Crippen molar-refractivity contribution in [2.75, 3.05) is 13.4 Å². The van der Waals surface area contributed by atoms with E-state index in [9.17, 15) is 14.0 Å². The summed E-state index contributed by atoms with van der Waals surface area (Å²) in [5.41, 5.74) is -0.161. The minimum Gasteiger partial charge on any atom is -0.418 e. The van der Waals surface area contributed by atoms with Crippen molar-refractivity contribution in [1.82, 2.24) is 5.32 Å². The molecule has 0 spiro atoms. The summed E-state index contributed by atoms with van der Waals surface area (Å²) in [4.78, 5) is 25.2. The largest absolute Gasteiger partial charge is 0.418 e. The van der Waals surface area contributed by atoms with E-state index in [2.05, 4.69) is 28.9 Å². The van der Waals surface area contributed by atoms with Gasteiger partial charge in [-0.25, -0.2) is 19.0 Å². The summed E-state index contributed by atoms with van der Waals surface area (Å²) < 4.78 is 16.2. The summed E-state index contributed by atoms with van der Waals surface area (Å²) in [6.07, 6.45) is 3.19. The number of alkyl carbamates (subject to hydrolysis) is 1. The fourth-order valence-corrected chi connectivity index (χ4v) is 3.34. The molecule has 6 heteroatoms. The van der Waals surface area contributed by atoms with Gasteiger partial charge in [-0.2, -0.15) is 0 Å². The third-order valence-corrected chi connectivity index (χ3v) is 3.48. The maximum atomic E-state index is 11.9. The lowest BCUT2D eigenvalue weighted by Crippen LogP contribution is -2.48. The van der Waals surface area contributed by atoms with Gasteiger partial charge in [0.1, 0.15) is 0 Å². The van der Waals surface area contributed by atoms with Crippen LogP contribution in [0.2, 0.25) is 0 Å². The topological polar surface area (TPSA) is 67.8 Å². The lowest BCUT2D eigenvalue weighted by atomic mass is 9.62. The van der Waals surface area contributed by atoms with Gasteiger partial charge in [-0.3, -0.25) is 0 Å². The van der Waals surface area contributed by atoms with Crippen LogP contribution in [0.1, 0.15) is 40.0 Å². The lowest BCUT2D eigenvalue weighted by molar-refractivity contribution is 0.0612. The molecule has 5 nitrogen and oxygen atoms in total. The Labute approximate surface area is 112 Å². The van der Waals surface area contributed by atoms with Crippen LogP contribution in [0, 0.1) is 10.8 Å². The number of hydrogen-bond donors (Lipinski definition) is 1. The van der Waals surface area contributed by atoms with E-state index in [1.165, 1.54) is 0 Å². The number of nitrogens with one attached hydrogen (secondary N) is 1. The first-order valence-electron chi connectivity index (χ1n) is 6.33. The second kappa shape index (κ2) is 6.15. The molecule has 0 aliphatic heterocycles. The van der Waals surface area contributed by atoms with Crippen LogP contribution < -0.4 is 5.32 Å². The van der Waals surface area contributed by atoms with Crippen molar-refractivity contribution in [3.63, 3.8) is 0 Å². The Morgan fingerprint density at radius 1 is 1.47 bits per heavy atom. The summed E-state index contributed by atoms with van der Waals surface area (Å²) in [5.74, 6) is 0. The van der Waals surface area contributed by atoms with Crippen LogP contribution in [-0.2, 0) is 9.53 Å². The van der Waals surface area contributed by atoms with E-state index >= 15 is 0 Å². The molecule has 0 heterocycles. The van der Waals surface area contributed by atoms with Gasteiger partial charge in [-0.1, -0.05) is 20.8 Å². The monoisotopic (exact) mass is 272 g/mol. The molecule has 1 rings (SSSR count). The summed E-state index contributed by atoms with van der Waals surface area (Å²) in [7, 11) is 0. The molecule has 108 valence electrons. The first kappa shape index (κ1) is 15.6. The Balaban J connectivity index is 2.72. The summed E-state index contributed by atoms with van der Waals surface area (Å²) in [5, 5.41) is 2.67. The summed E-state index contributed by atoms with van der Waals surface area (Å²) in [6, 6.07) is -0.102. The van der Waals surface area contributed by atoms with Crippen molar-refractivity contribution in [3.8, 4) is 0 Å². The standard InChI is InChI=1S/C13H21FN2O3/c1-12(2)4-10(16-11(18)19-8-14)5-13(3,6-12)7-15-9-17/h10H,4-8H2,1-3H3,(H,16,18). The number of carbonyl (C=O) groups excluding carboxylic acids is 2. The molecule has 0 bridgehead atoms. The quantitative estimate of drug-likeness (QED) is 0.631. The maximum absolute atomic E-state index is 11.9. The Morgan fingerprint density at radius 2 is 2.16 bits per heavy atom. The van der Waals surface area contributed by atoms with Crippen LogP contribution in [0.25, 0.3) is 0 Å². The van der Waals surface area contributed by atoms with Crippen molar-refractivity contribution in [1.29, 1.82) is 0 Å². The molecule has 0 aromatic heterocycles. The minimum atomic E-state index is -1.13. The number of aliphatic imine (C=N–C) groups is 1. The molecule has 0 aromatic rings. The lowest BCUT2D eigenvalue weighted by Gasteiger charge is -2.45. The average Bonchev–Trinajstić information content (AvgIpc) is 2.23. The smallest absolute Gasteiger partial charge is 0.409 e. The Hall–Kier alpha value is -1.42. The van der Waals surface area contributed by atoms with Crippen LogP contribution in [0.5, 0.6) is 0 Å². The number of ether oxygens (including phenoxy) is 1. The first-order chi connectivity index (χ1) is 8.80. The summed E-state index contributed by atoms with van der Waals surface area (Å²) in [6.45, 7) is 5.49. The second-order valence-electron chi connectivity index (χ2n) is 6.35. The Kier molecular flexibility index (Phi) is 5.06. The van der Waals surface area contributed by atoms with Crippen LogP contribution in [0.3, 0.4) is 0 Å². The highest BCUT2D eigenvalue weighted by Crippen LogP contribution is 2.46. The zero-order valence-electron chi connectivity index (χ0n) is 11.7. The fraction of sp³-hybridized carbons (Fsp3) is 0.846. The predicted octanol–water partition coefficient (Wildman–Crippen LogP) is 2.56. The number of alkyl halides is 1. The second-order valence-corrected chi connectivity index (χ2v) is 6.35. The van der Waals surface area contributed by atoms with Gasteiger partial charge in [0.05, 0.1) is 6.54 Å². The number of isocyanates is 1. The van der Waals surface area contributed by atoms with Gasteiger partial charge in [0.2, 0.25) is 12.9 Å². The van der Waals surface area contributed by atoms with Gasteiger partial charge < -0.3 is 10.1 Å². The third-order valence-electron chi connectivity index (χ3n) is 3.48. The molecule has 2 unspecified atom stereocenters. The average molecular weight is 272 g/mol. The highest BCUT2D eigenvalue weighted by atomic mass is 19.1. The maximum Gasteiger partial charge on any atom is 0.409 e. The zero-order chi connectivity index (χ0) is 14.5. The number of amides is 1. The summed E-state index contributed by atoms with van der Waals surface area (Å²) >= 11 is 0. The van der Waals surface area contributed by atoms with Crippen molar-refractivity contribution < 1.29 is 18.7 Å². The number of nitrogens with zero attached hydrogens (tertiary/aromatic N) is 1. The highest BCUT2D eigenvalue weighted by Gasteiger charge is 2.41. The molecule has 1 aliphatic carbocycles. The zero-order valence-corrected chi connectivity index (χ0v) is 11.7. The molecule has 2 atom stereocenters. The number of halogens is 1. The van der Waals surface area contributed by atoms with Gasteiger partial charge in [0, 0.05) is 6.04 Å². The Bertz CT molecular complexity index is 380. The molecule has 0 saturated heterocycles. The van der Waals surface area contributed by atoms with Crippen molar-refractivity contribution in [3.05, 3.63) is 0 Å². The molecule has 1 N–H and O–H groups in total. The van der Waals surface area contributed by atoms with E-state index in [1.807, 2.05) is 6.92 Å². The van der Waals surface area contributed by atoms with Gasteiger partial charge in [-0.15, -0.1) is 0 Å². The van der Waals surface area contributed by atoms with E-state index in [0.717, 1.165) is 12.8 Å². The molecular formula is C13H21FN2O3. The number of carbonyl (C=O) groups is 1. The normalized spacial score (nSPS) is 29.2. The van der Waals surface area contributed by atoms with Gasteiger partial charge in [0.25, 0.3) is 0 Å². The van der Waals surface area contributed by atoms with Crippen LogP contribution in [0.4, 0.5) is 9.18 Å². The highest BCUT2D eigenvalue weighted by molar-refractivity contribution is 5.67. The molecule has 1 saturated carbocycles. The number of rotatable bonds is 4. The van der Waals surface area contributed by atoms with Gasteiger partial charge in [-0.05, 0) is 30.1 Å². The third kappa shape index (κ3) is 4.99. The number of hydrogen-bond acceptors (Lipinski definition) is 4. The molecule has 1 aliphatic rings. The van der Waals surface area contributed by atoms with E-state index in [0.29, 0.717) is 13.0 Å².